The van der Waals surface area contributed by atoms with E-state index in [0.29, 0.717) is 11.5 Å². The standard InChI is InChI=1S/C23H36N2O2/c1-4-12-25-13-6-5-10-23(25)11-9-19-14-22(8-7-20(19)15-23)26-17-21-16-24(3)27-18(21)2/h7-8,14,18,21H,4-6,9-13,15-17H2,1-3H3. The predicted molar refractivity (Wildman–Crippen MR) is 109 cm³/mol. The lowest BCUT2D eigenvalue weighted by atomic mass is 9.72. The Balaban J connectivity index is 1.42. The predicted octanol–water partition coefficient (Wildman–Crippen LogP) is 4.07. The molecule has 0 bridgehead atoms. The van der Waals surface area contributed by atoms with Gasteiger partial charge in [0.05, 0.1) is 12.7 Å². The number of hydroxylamine groups is 2. The van der Waals surface area contributed by atoms with Crippen LogP contribution in [0.25, 0.3) is 0 Å². The molecule has 2 aliphatic heterocycles. The number of nitrogens with zero attached hydrogens (tertiary/aromatic N) is 2. The van der Waals surface area contributed by atoms with Gasteiger partial charge in [-0.1, -0.05) is 19.4 Å². The molecule has 2 fully saturated rings. The number of ether oxygens (including phenoxy) is 1. The molecule has 1 aliphatic carbocycles. The van der Waals surface area contributed by atoms with Crippen LogP contribution in [0.5, 0.6) is 5.75 Å². The molecule has 1 aromatic rings. The van der Waals surface area contributed by atoms with Crippen molar-refractivity contribution in [2.75, 3.05) is 33.3 Å². The molecule has 2 heterocycles. The molecule has 3 atom stereocenters. The largest absolute Gasteiger partial charge is 0.493 e. The second kappa shape index (κ2) is 8.10. The van der Waals surface area contributed by atoms with Crippen LogP contribution in [-0.2, 0) is 17.7 Å². The molecular formula is C23H36N2O2. The van der Waals surface area contributed by atoms with Crippen LogP contribution in [0, 0.1) is 5.92 Å². The number of aryl methyl sites for hydroxylation is 1. The summed E-state index contributed by atoms with van der Waals surface area (Å²) in [5.74, 6) is 1.47. The van der Waals surface area contributed by atoms with Crippen molar-refractivity contribution < 1.29 is 9.57 Å². The molecular weight excluding hydrogens is 336 g/mol. The van der Waals surface area contributed by atoms with Crippen molar-refractivity contribution in [1.29, 1.82) is 0 Å². The summed E-state index contributed by atoms with van der Waals surface area (Å²) < 4.78 is 6.15. The van der Waals surface area contributed by atoms with Crippen molar-refractivity contribution in [1.82, 2.24) is 9.96 Å². The first kappa shape index (κ1) is 19.2. The molecule has 4 rings (SSSR count). The maximum absolute atomic E-state index is 6.15. The van der Waals surface area contributed by atoms with Crippen LogP contribution in [0.3, 0.4) is 0 Å². The highest BCUT2D eigenvalue weighted by molar-refractivity contribution is 5.39. The molecule has 4 nitrogen and oxygen atoms in total. The maximum atomic E-state index is 6.15. The van der Waals surface area contributed by atoms with E-state index in [1.165, 1.54) is 63.6 Å². The molecule has 0 aromatic heterocycles. The van der Waals surface area contributed by atoms with Crippen molar-refractivity contribution in [2.45, 2.75) is 70.4 Å². The van der Waals surface area contributed by atoms with E-state index in [1.54, 1.807) is 5.56 Å². The van der Waals surface area contributed by atoms with Crippen LogP contribution < -0.4 is 4.74 Å². The van der Waals surface area contributed by atoms with Crippen LogP contribution in [-0.4, -0.2) is 54.9 Å². The quantitative estimate of drug-likeness (QED) is 0.778. The van der Waals surface area contributed by atoms with Crippen molar-refractivity contribution in [3.63, 3.8) is 0 Å². The highest BCUT2D eigenvalue weighted by Crippen LogP contribution is 2.40. The fourth-order valence-electron chi connectivity index (χ4n) is 5.44. The van der Waals surface area contributed by atoms with Gasteiger partial charge in [-0.05, 0) is 81.8 Å². The third-order valence-electron chi connectivity index (χ3n) is 7.01. The van der Waals surface area contributed by atoms with Crippen molar-refractivity contribution in [3.8, 4) is 5.75 Å². The van der Waals surface area contributed by atoms with Crippen LogP contribution in [0.15, 0.2) is 18.2 Å². The SMILES string of the molecule is CCCN1CCCCC12CCc1cc(OCC3CN(C)OC3C)ccc1C2. The van der Waals surface area contributed by atoms with Gasteiger partial charge < -0.3 is 4.74 Å². The number of fused-ring (bicyclic) bond motifs is 1. The smallest absolute Gasteiger partial charge is 0.119 e. The van der Waals surface area contributed by atoms with E-state index >= 15 is 0 Å². The van der Waals surface area contributed by atoms with E-state index in [2.05, 4.69) is 36.9 Å². The van der Waals surface area contributed by atoms with Crippen LogP contribution in [0.4, 0.5) is 0 Å². The lowest BCUT2D eigenvalue weighted by molar-refractivity contribution is -0.122. The summed E-state index contributed by atoms with van der Waals surface area (Å²) in [6.07, 6.45) is 9.37. The third kappa shape index (κ3) is 4.03. The minimum absolute atomic E-state index is 0.239. The normalized spacial score (nSPS) is 32.0. The number of hydrogen-bond acceptors (Lipinski definition) is 4. The molecule has 3 aliphatic rings. The summed E-state index contributed by atoms with van der Waals surface area (Å²) in [7, 11) is 2.00. The zero-order chi connectivity index (χ0) is 18.9. The number of rotatable bonds is 5. The van der Waals surface area contributed by atoms with Gasteiger partial charge in [0.15, 0.2) is 0 Å². The fraction of sp³-hybridized carbons (Fsp3) is 0.739. The molecule has 2 saturated heterocycles. The summed E-state index contributed by atoms with van der Waals surface area (Å²) in [5.41, 5.74) is 3.48. The highest BCUT2D eigenvalue weighted by Gasteiger charge is 2.40. The maximum Gasteiger partial charge on any atom is 0.119 e. The lowest BCUT2D eigenvalue weighted by Crippen LogP contribution is -2.55. The van der Waals surface area contributed by atoms with Gasteiger partial charge in [0.25, 0.3) is 0 Å². The first-order chi connectivity index (χ1) is 13.1. The second-order valence-corrected chi connectivity index (χ2v) is 8.97. The summed E-state index contributed by atoms with van der Waals surface area (Å²) in [5, 5.41) is 1.93. The van der Waals surface area contributed by atoms with Crippen LogP contribution in [0.1, 0.15) is 57.1 Å². The Labute approximate surface area is 164 Å². The molecule has 3 unspecified atom stereocenters. The lowest BCUT2D eigenvalue weighted by Gasteiger charge is -2.50. The van der Waals surface area contributed by atoms with E-state index in [1.807, 2.05) is 12.1 Å². The second-order valence-electron chi connectivity index (χ2n) is 8.97. The van der Waals surface area contributed by atoms with Crippen molar-refractivity contribution >= 4 is 0 Å². The molecule has 27 heavy (non-hydrogen) atoms. The molecule has 1 aromatic carbocycles. The van der Waals surface area contributed by atoms with Crippen molar-refractivity contribution in [3.05, 3.63) is 29.3 Å². The van der Waals surface area contributed by atoms with E-state index in [9.17, 15) is 0 Å². The Kier molecular flexibility index (Phi) is 5.77. The van der Waals surface area contributed by atoms with Gasteiger partial charge >= 0.3 is 0 Å². The monoisotopic (exact) mass is 372 g/mol. The summed E-state index contributed by atoms with van der Waals surface area (Å²) in [6.45, 7) is 8.68. The van der Waals surface area contributed by atoms with E-state index in [4.69, 9.17) is 9.57 Å². The topological polar surface area (TPSA) is 24.9 Å². The van der Waals surface area contributed by atoms with Gasteiger partial charge in [-0.25, -0.2) is 0 Å². The average molecular weight is 373 g/mol. The van der Waals surface area contributed by atoms with E-state index in [0.717, 1.165) is 18.9 Å². The van der Waals surface area contributed by atoms with Gasteiger partial charge in [0.2, 0.25) is 0 Å². The molecule has 0 N–H and O–H groups in total. The van der Waals surface area contributed by atoms with Crippen LogP contribution >= 0.6 is 0 Å². The van der Waals surface area contributed by atoms with E-state index < -0.39 is 0 Å². The Morgan fingerprint density at radius 3 is 2.89 bits per heavy atom. The first-order valence-corrected chi connectivity index (χ1v) is 11.0. The molecule has 0 amide bonds. The number of likely N-dealkylation sites (tertiary alicyclic amines) is 1. The Morgan fingerprint density at radius 2 is 2.11 bits per heavy atom. The minimum atomic E-state index is 0.239. The van der Waals surface area contributed by atoms with Crippen molar-refractivity contribution in [2.24, 2.45) is 5.92 Å². The zero-order valence-electron chi connectivity index (χ0n) is 17.4. The van der Waals surface area contributed by atoms with E-state index in [-0.39, 0.29) is 6.10 Å². The Morgan fingerprint density at radius 1 is 1.22 bits per heavy atom. The summed E-state index contributed by atoms with van der Waals surface area (Å²) >= 11 is 0. The molecule has 150 valence electrons. The number of benzene rings is 1. The number of piperidine rings is 1. The van der Waals surface area contributed by atoms with Gasteiger partial charge in [-0.2, -0.15) is 5.06 Å². The third-order valence-corrected chi connectivity index (χ3v) is 7.01. The molecule has 0 saturated carbocycles. The van der Waals surface area contributed by atoms with Gasteiger partial charge in [0, 0.05) is 25.0 Å². The van der Waals surface area contributed by atoms with Gasteiger partial charge in [-0.3, -0.25) is 9.74 Å². The molecule has 1 spiro atoms. The average Bonchev–Trinajstić information content (AvgIpc) is 2.99. The number of hydrogen-bond donors (Lipinski definition) is 0. The fourth-order valence-corrected chi connectivity index (χ4v) is 5.44. The zero-order valence-corrected chi connectivity index (χ0v) is 17.4. The van der Waals surface area contributed by atoms with Gasteiger partial charge in [-0.15, -0.1) is 0 Å². The molecule has 0 radical (unpaired) electrons. The highest BCUT2D eigenvalue weighted by atomic mass is 16.7. The minimum Gasteiger partial charge on any atom is -0.493 e. The Bertz CT molecular complexity index is 647. The summed E-state index contributed by atoms with van der Waals surface area (Å²) in [4.78, 5) is 8.50. The molecule has 4 heteroatoms. The summed E-state index contributed by atoms with van der Waals surface area (Å²) in [6, 6.07) is 6.83. The van der Waals surface area contributed by atoms with Gasteiger partial charge in [0.1, 0.15) is 5.75 Å². The Hall–Kier alpha value is -1.10. The van der Waals surface area contributed by atoms with Crippen LogP contribution in [0.2, 0.25) is 0 Å². The first-order valence-electron chi connectivity index (χ1n) is 11.0.